The average molecular weight is 403 g/mol. The van der Waals surface area contributed by atoms with Gasteiger partial charge in [-0.3, -0.25) is 9.10 Å². The van der Waals surface area contributed by atoms with Crippen molar-refractivity contribution in [3.8, 4) is 0 Å². The molecule has 0 spiro atoms. The van der Waals surface area contributed by atoms with E-state index in [1.165, 1.54) is 9.87 Å². The molecule has 0 atom stereocenters. The fraction of sp³-hybridized carbons (Fsp3) is 0.381. The average Bonchev–Trinajstić information content (AvgIpc) is 3.07. The SMILES string of the molecule is O=C(NCCCOCCc1ccccc1)c1ccc(N2CCCS2(=O)=O)cc1. The van der Waals surface area contributed by atoms with E-state index in [1.54, 1.807) is 24.3 Å². The van der Waals surface area contributed by atoms with Crippen LogP contribution in [0.25, 0.3) is 0 Å². The third-order valence-corrected chi connectivity index (χ3v) is 6.52. The van der Waals surface area contributed by atoms with Crippen molar-refractivity contribution in [2.24, 2.45) is 0 Å². The molecule has 0 radical (unpaired) electrons. The number of carbonyl (C=O) groups is 1. The molecule has 28 heavy (non-hydrogen) atoms. The minimum atomic E-state index is -3.20. The molecule has 150 valence electrons. The molecule has 0 aromatic heterocycles. The highest BCUT2D eigenvalue weighted by Crippen LogP contribution is 2.24. The molecule has 6 nitrogen and oxygen atoms in total. The van der Waals surface area contributed by atoms with Crippen molar-refractivity contribution in [2.75, 3.05) is 36.4 Å². The van der Waals surface area contributed by atoms with Gasteiger partial charge in [0.2, 0.25) is 10.0 Å². The molecule has 0 aliphatic carbocycles. The van der Waals surface area contributed by atoms with Crippen LogP contribution in [-0.4, -0.2) is 46.4 Å². The molecule has 3 rings (SSSR count). The Kier molecular flexibility index (Phi) is 7.06. The second-order valence-corrected chi connectivity index (χ2v) is 8.76. The van der Waals surface area contributed by atoms with E-state index in [0.717, 1.165) is 12.8 Å². The number of hydrogen-bond donors (Lipinski definition) is 1. The maximum absolute atomic E-state index is 12.2. The number of carbonyl (C=O) groups excluding carboxylic acids is 1. The van der Waals surface area contributed by atoms with Crippen LogP contribution in [0.1, 0.15) is 28.8 Å². The number of benzene rings is 2. The Labute approximate surface area is 166 Å². The maximum atomic E-state index is 12.2. The van der Waals surface area contributed by atoms with E-state index in [0.29, 0.717) is 44.0 Å². The Balaban J connectivity index is 1.35. The minimum absolute atomic E-state index is 0.167. The fourth-order valence-corrected chi connectivity index (χ4v) is 4.69. The molecule has 7 heteroatoms. The van der Waals surface area contributed by atoms with Gasteiger partial charge in [0.25, 0.3) is 5.91 Å². The molecule has 0 saturated carbocycles. The van der Waals surface area contributed by atoms with Gasteiger partial charge in [0.05, 0.1) is 18.0 Å². The molecule has 2 aromatic rings. The van der Waals surface area contributed by atoms with Gasteiger partial charge in [0, 0.05) is 25.3 Å². The highest BCUT2D eigenvalue weighted by Gasteiger charge is 2.28. The van der Waals surface area contributed by atoms with E-state index < -0.39 is 10.0 Å². The molecular weight excluding hydrogens is 376 g/mol. The van der Waals surface area contributed by atoms with Crippen LogP contribution in [0.3, 0.4) is 0 Å². The minimum Gasteiger partial charge on any atom is -0.381 e. The number of anilines is 1. The lowest BCUT2D eigenvalue weighted by Gasteiger charge is -2.17. The highest BCUT2D eigenvalue weighted by molar-refractivity contribution is 7.93. The van der Waals surface area contributed by atoms with Crippen molar-refractivity contribution in [1.29, 1.82) is 0 Å². The molecule has 1 amide bonds. The normalized spacial score (nSPS) is 15.5. The lowest BCUT2D eigenvalue weighted by atomic mass is 10.2. The summed E-state index contributed by atoms with van der Waals surface area (Å²) in [6.07, 6.45) is 2.26. The summed E-state index contributed by atoms with van der Waals surface area (Å²) in [5.41, 5.74) is 2.38. The molecule has 1 N–H and O–H groups in total. The van der Waals surface area contributed by atoms with Gasteiger partial charge in [-0.2, -0.15) is 0 Å². The molecule has 1 aliphatic rings. The smallest absolute Gasteiger partial charge is 0.251 e. The lowest BCUT2D eigenvalue weighted by molar-refractivity contribution is 0.0942. The number of ether oxygens (including phenoxy) is 1. The lowest BCUT2D eigenvalue weighted by Crippen LogP contribution is -2.26. The Morgan fingerprint density at radius 3 is 2.46 bits per heavy atom. The Bertz CT molecular complexity index is 867. The van der Waals surface area contributed by atoms with Crippen LogP contribution in [0.2, 0.25) is 0 Å². The summed E-state index contributed by atoms with van der Waals surface area (Å²) in [4.78, 5) is 12.2. The predicted molar refractivity (Wildman–Crippen MR) is 110 cm³/mol. The van der Waals surface area contributed by atoms with Gasteiger partial charge in [0.15, 0.2) is 0 Å². The van der Waals surface area contributed by atoms with Crippen LogP contribution in [0.15, 0.2) is 54.6 Å². The van der Waals surface area contributed by atoms with E-state index >= 15 is 0 Å². The standard InChI is InChI=1S/C21H26N2O4S/c24-21(22-13-4-15-27-16-12-18-6-2-1-3-7-18)19-8-10-20(11-9-19)23-14-5-17-28(23,25)26/h1-3,6-11H,4-5,12-17H2,(H,22,24). The number of hydrogen-bond acceptors (Lipinski definition) is 4. The predicted octanol–water partition coefficient (Wildman–Crippen LogP) is 2.61. The first-order chi connectivity index (χ1) is 13.6. The third-order valence-electron chi connectivity index (χ3n) is 4.65. The number of amides is 1. The summed E-state index contributed by atoms with van der Waals surface area (Å²) < 4.78 is 30.9. The molecule has 1 aliphatic heterocycles. The number of nitrogens with zero attached hydrogens (tertiary/aromatic N) is 1. The van der Waals surface area contributed by atoms with Crippen molar-refractivity contribution in [1.82, 2.24) is 5.32 Å². The molecule has 0 unspecified atom stereocenters. The maximum Gasteiger partial charge on any atom is 0.251 e. The zero-order chi connectivity index (χ0) is 19.8. The quantitative estimate of drug-likeness (QED) is 0.654. The van der Waals surface area contributed by atoms with E-state index in [1.807, 2.05) is 18.2 Å². The Morgan fingerprint density at radius 2 is 1.79 bits per heavy atom. The second-order valence-electron chi connectivity index (χ2n) is 6.75. The van der Waals surface area contributed by atoms with Gasteiger partial charge in [-0.25, -0.2) is 8.42 Å². The molecular formula is C21H26N2O4S. The number of rotatable bonds is 9. The van der Waals surface area contributed by atoms with Crippen molar-refractivity contribution >= 4 is 21.6 Å². The summed E-state index contributed by atoms with van der Waals surface area (Å²) >= 11 is 0. The number of sulfonamides is 1. The molecule has 1 saturated heterocycles. The largest absolute Gasteiger partial charge is 0.381 e. The fourth-order valence-electron chi connectivity index (χ4n) is 3.12. The summed E-state index contributed by atoms with van der Waals surface area (Å²) in [5.74, 6) is 0.0166. The zero-order valence-corrected chi connectivity index (χ0v) is 16.7. The van der Waals surface area contributed by atoms with E-state index in [9.17, 15) is 13.2 Å². The van der Waals surface area contributed by atoms with Crippen LogP contribution in [-0.2, 0) is 21.2 Å². The molecule has 1 heterocycles. The summed E-state index contributed by atoms with van der Waals surface area (Å²) in [6.45, 7) is 2.29. The van der Waals surface area contributed by atoms with Crippen LogP contribution >= 0.6 is 0 Å². The third kappa shape index (κ3) is 5.56. The number of nitrogens with one attached hydrogen (secondary N) is 1. The monoisotopic (exact) mass is 402 g/mol. The second kappa shape index (κ2) is 9.71. The Morgan fingerprint density at radius 1 is 1.04 bits per heavy atom. The molecule has 2 aromatic carbocycles. The first kappa shape index (κ1) is 20.4. The van der Waals surface area contributed by atoms with Crippen LogP contribution in [0, 0.1) is 0 Å². The highest BCUT2D eigenvalue weighted by atomic mass is 32.2. The van der Waals surface area contributed by atoms with Crippen molar-refractivity contribution in [2.45, 2.75) is 19.3 Å². The van der Waals surface area contributed by atoms with E-state index in [2.05, 4.69) is 17.4 Å². The first-order valence-electron chi connectivity index (χ1n) is 9.57. The van der Waals surface area contributed by atoms with Crippen molar-refractivity contribution in [3.05, 3.63) is 65.7 Å². The Hall–Kier alpha value is -2.38. The van der Waals surface area contributed by atoms with Crippen LogP contribution in [0.5, 0.6) is 0 Å². The van der Waals surface area contributed by atoms with E-state index in [4.69, 9.17) is 4.74 Å². The van der Waals surface area contributed by atoms with Crippen LogP contribution < -0.4 is 9.62 Å². The van der Waals surface area contributed by atoms with Gasteiger partial charge >= 0.3 is 0 Å². The van der Waals surface area contributed by atoms with Crippen molar-refractivity contribution < 1.29 is 17.9 Å². The summed E-state index contributed by atoms with van der Waals surface area (Å²) in [6, 6.07) is 16.9. The van der Waals surface area contributed by atoms with Gasteiger partial charge in [-0.1, -0.05) is 30.3 Å². The summed E-state index contributed by atoms with van der Waals surface area (Å²) in [7, 11) is -3.20. The summed E-state index contributed by atoms with van der Waals surface area (Å²) in [5, 5.41) is 2.86. The first-order valence-corrected chi connectivity index (χ1v) is 11.2. The van der Waals surface area contributed by atoms with Gasteiger partial charge in [-0.05, 0) is 49.1 Å². The van der Waals surface area contributed by atoms with Gasteiger partial charge in [-0.15, -0.1) is 0 Å². The van der Waals surface area contributed by atoms with Crippen LogP contribution in [0.4, 0.5) is 5.69 Å². The van der Waals surface area contributed by atoms with Gasteiger partial charge < -0.3 is 10.1 Å². The molecule has 1 fully saturated rings. The van der Waals surface area contributed by atoms with E-state index in [-0.39, 0.29) is 11.7 Å². The van der Waals surface area contributed by atoms with Gasteiger partial charge in [0.1, 0.15) is 0 Å². The van der Waals surface area contributed by atoms with Crippen molar-refractivity contribution in [3.63, 3.8) is 0 Å². The topological polar surface area (TPSA) is 75.7 Å². The molecule has 0 bridgehead atoms. The zero-order valence-electron chi connectivity index (χ0n) is 15.8.